The van der Waals surface area contributed by atoms with Gasteiger partial charge >= 0.3 is 0 Å². The van der Waals surface area contributed by atoms with Gasteiger partial charge in [0.1, 0.15) is 5.75 Å². The Balaban J connectivity index is 2.12. The Bertz CT molecular complexity index is 559. The molecule has 0 spiro atoms. The van der Waals surface area contributed by atoms with Crippen LogP contribution >= 0.6 is 11.8 Å². The van der Waals surface area contributed by atoms with Crippen LogP contribution in [0.1, 0.15) is 17.3 Å². The summed E-state index contributed by atoms with van der Waals surface area (Å²) in [4.78, 5) is 11.9. The molecule has 0 radical (unpaired) electrons. The van der Waals surface area contributed by atoms with Gasteiger partial charge in [-0.3, -0.25) is 4.79 Å². The van der Waals surface area contributed by atoms with E-state index in [1.165, 1.54) is 0 Å². The molecule has 0 bridgehead atoms. The number of methoxy groups -OCH3 is 1. The molecule has 0 aliphatic heterocycles. The quantitative estimate of drug-likeness (QED) is 0.741. The SMILES string of the molecule is CCSCC(=O)c1ccc(-c2ccc(OC)cc2)cc1. The Morgan fingerprint density at radius 3 is 2.05 bits per heavy atom. The number of benzene rings is 2. The third-order valence-corrected chi connectivity index (χ3v) is 3.94. The number of carbonyl (C=O) groups excluding carboxylic acids is 1. The first-order chi connectivity index (χ1) is 9.74. The molecular formula is C17H18O2S. The van der Waals surface area contributed by atoms with Gasteiger partial charge in [-0.15, -0.1) is 0 Å². The zero-order valence-electron chi connectivity index (χ0n) is 11.8. The maximum Gasteiger partial charge on any atom is 0.172 e. The van der Waals surface area contributed by atoms with Crippen LogP contribution in [0, 0.1) is 0 Å². The van der Waals surface area contributed by atoms with Crippen LogP contribution in [0.25, 0.3) is 11.1 Å². The molecule has 104 valence electrons. The average Bonchev–Trinajstić information content (AvgIpc) is 2.53. The zero-order chi connectivity index (χ0) is 14.4. The lowest BCUT2D eigenvalue weighted by Gasteiger charge is -2.05. The van der Waals surface area contributed by atoms with Gasteiger partial charge in [0.05, 0.1) is 12.9 Å². The van der Waals surface area contributed by atoms with Crippen LogP contribution in [-0.4, -0.2) is 24.4 Å². The third-order valence-electron chi connectivity index (χ3n) is 3.07. The fraction of sp³-hybridized carbons (Fsp3) is 0.235. The molecule has 0 aliphatic rings. The van der Waals surface area contributed by atoms with Crippen molar-refractivity contribution >= 4 is 17.5 Å². The second kappa shape index (κ2) is 7.15. The summed E-state index contributed by atoms with van der Waals surface area (Å²) in [6.07, 6.45) is 0. The first kappa shape index (κ1) is 14.7. The second-order valence-electron chi connectivity index (χ2n) is 4.37. The van der Waals surface area contributed by atoms with Gasteiger partial charge in [-0.1, -0.05) is 43.3 Å². The fourth-order valence-electron chi connectivity index (χ4n) is 1.91. The lowest BCUT2D eigenvalue weighted by Crippen LogP contribution is -2.02. The van der Waals surface area contributed by atoms with Gasteiger partial charge in [-0.25, -0.2) is 0 Å². The van der Waals surface area contributed by atoms with Crippen molar-refractivity contribution in [3.8, 4) is 16.9 Å². The molecule has 2 aromatic carbocycles. The van der Waals surface area contributed by atoms with Crippen molar-refractivity contribution in [1.29, 1.82) is 0 Å². The van der Waals surface area contributed by atoms with Gasteiger partial charge in [0.25, 0.3) is 0 Å². The molecule has 0 atom stereocenters. The largest absolute Gasteiger partial charge is 0.497 e. The number of ether oxygens (including phenoxy) is 1. The van der Waals surface area contributed by atoms with Gasteiger partial charge in [-0.05, 0) is 29.0 Å². The summed E-state index contributed by atoms with van der Waals surface area (Å²) in [6, 6.07) is 15.7. The van der Waals surface area contributed by atoms with E-state index in [2.05, 4.69) is 6.92 Å². The predicted octanol–water partition coefficient (Wildman–Crippen LogP) is 4.30. The predicted molar refractivity (Wildman–Crippen MR) is 85.8 cm³/mol. The zero-order valence-corrected chi connectivity index (χ0v) is 12.6. The first-order valence-electron chi connectivity index (χ1n) is 6.60. The van der Waals surface area contributed by atoms with E-state index in [0.717, 1.165) is 28.2 Å². The molecule has 0 unspecified atom stereocenters. The monoisotopic (exact) mass is 286 g/mol. The van der Waals surface area contributed by atoms with Gasteiger partial charge in [0, 0.05) is 5.56 Å². The smallest absolute Gasteiger partial charge is 0.172 e. The summed E-state index contributed by atoms with van der Waals surface area (Å²) in [7, 11) is 1.66. The summed E-state index contributed by atoms with van der Waals surface area (Å²) < 4.78 is 5.15. The lowest BCUT2D eigenvalue weighted by atomic mass is 10.0. The third kappa shape index (κ3) is 3.64. The van der Waals surface area contributed by atoms with E-state index in [4.69, 9.17) is 4.74 Å². The van der Waals surface area contributed by atoms with Crippen LogP contribution in [0.5, 0.6) is 5.75 Å². The summed E-state index contributed by atoms with van der Waals surface area (Å²) in [6.45, 7) is 2.06. The summed E-state index contributed by atoms with van der Waals surface area (Å²) >= 11 is 1.65. The molecule has 2 rings (SSSR count). The van der Waals surface area contributed by atoms with E-state index >= 15 is 0 Å². The van der Waals surface area contributed by atoms with Crippen LogP contribution < -0.4 is 4.74 Å². The number of ketones is 1. The Kier molecular flexibility index (Phi) is 5.24. The standard InChI is InChI=1S/C17H18O2S/c1-3-20-12-17(18)15-6-4-13(5-7-15)14-8-10-16(19-2)11-9-14/h4-11H,3,12H2,1-2H3. The summed E-state index contributed by atoms with van der Waals surface area (Å²) in [5.74, 6) is 2.56. The highest BCUT2D eigenvalue weighted by Crippen LogP contribution is 2.23. The van der Waals surface area contributed by atoms with Crippen molar-refractivity contribution in [3.63, 3.8) is 0 Å². The van der Waals surface area contributed by atoms with Gasteiger partial charge in [0.2, 0.25) is 0 Å². The number of carbonyl (C=O) groups is 1. The molecule has 3 heteroatoms. The number of thioether (sulfide) groups is 1. The molecule has 0 amide bonds. The van der Waals surface area contributed by atoms with Crippen molar-refractivity contribution in [1.82, 2.24) is 0 Å². The van der Waals surface area contributed by atoms with E-state index in [9.17, 15) is 4.79 Å². The molecule has 0 heterocycles. The first-order valence-corrected chi connectivity index (χ1v) is 7.75. The van der Waals surface area contributed by atoms with Crippen LogP contribution in [0.15, 0.2) is 48.5 Å². The topological polar surface area (TPSA) is 26.3 Å². The molecule has 0 saturated heterocycles. The van der Waals surface area contributed by atoms with Crippen molar-refractivity contribution in [2.24, 2.45) is 0 Å². The maximum absolute atomic E-state index is 11.9. The molecule has 0 N–H and O–H groups in total. The Morgan fingerprint density at radius 1 is 1.00 bits per heavy atom. The van der Waals surface area contributed by atoms with Crippen molar-refractivity contribution in [2.75, 3.05) is 18.6 Å². The normalized spacial score (nSPS) is 10.3. The highest BCUT2D eigenvalue weighted by molar-refractivity contribution is 7.99. The van der Waals surface area contributed by atoms with Gasteiger partial charge in [0.15, 0.2) is 5.78 Å². The van der Waals surface area contributed by atoms with Crippen LogP contribution in [0.3, 0.4) is 0 Å². The molecule has 0 aliphatic carbocycles. The minimum Gasteiger partial charge on any atom is -0.497 e. The van der Waals surface area contributed by atoms with E-state index in [0.29, 0.717) is 5.75 Å². The van der Waals surface area contributed by atoms with E-state index in [1.807, 2.05) is 48.5 Å². The van der Waals surface area contributed by atoms with Crippen LogP contribution in [-0.2, 0) is 0 Å². The second-order valence-corrected chi connectivity index (χ2v) is 5.64. The highest BCUT2D eigenvalue weighted by Gasteiger charge is 2.06. The molecule has 0 aromatic heterocycles. The van der Waals surface area contributed by atoms with Gasteiger partial charge in [-0.2, -0.15) is 11.8 Å². The van der Waals surface area contributed by atoms with Gasteiger partial charge < -0.3 is 4.74 Å². The summed E-state index contributed by atoms with van der Waals surface area (Å²) in [5.41, 5.74) is 3.00. The molecular weight excluding hydrogens is 268 g/mol. The minimum absolute atomic E-state index is 0.193. The fourth-order valence-corrected chi connectivity index (χ4v) is 2.47. The number of rotatable bonds is 6. The van der Waals surface area contributed by atoms with E-state index in [-0.39, 0.29) is 5.78 Å². The van der Waals surface area contributed by atoms with E-state index in [1.54, 1.807) is 18.9 Å². The minimum atomic E-state index is 0.193. The Morgan fingerprint density at radius 2 is 1.55 bits per heavy atom. The number of hydrogen-bond acceptors (Lipinski definition) is 3. The van der Waals surface area contributed by atoms with Crippen molar-refractivity contribution < 1.29 is 9.53 Å². The highest BCUT2D eigenvalue weighted by atomic mass is 32.2. The molecule has 0 fully saturated rings. The van der Waals surface area contributed by atoms with E-state index < -0.39 is 0 Å². The van der Waals surface area contributed by atoms with Crippen LogP contribution in [0.2, 0.25) is 0 Å². The molecule has 0 saturated carbocycles. The number of hydrogen-bond donors (Lipinski definition) is 0. The molecule has 2 nitrogen and oxygen atoms in total. The maximum atomic E-state index is 11.9. The molecule has 2 aromatic rings. The van der Waals surface area contributed by atoms with Crippen molar-refractivity contribution in [2.45, 2.75) is 6.92 Å². The Labute approximate surface area is 124 Å². The lowest BCUT2D eigenvalue weighted by molar-refractivity contribution is 0.102. The molecule has 20 heavy (non-hydrogen) atoms. The Hall–Kier alpha value is -1.74. The average molecular weight is 286 g/mol. The van der Waals surface area contributed by atoms with Crippen molar-refractivity contribution in [3.05, 3.63) is 54.1 Å². The summed E-state index contributed by atoms with van der Waals surface area (Å²) in [5, 5.41) is 0. The van der Waals surface area contributed by atoms with Crippen LogP contribution in [0.4, 0.5) is 0 Å². The number of Topliss-reactive ketones (excluding diaryl/α,β-unsaturated/α-hetero) is 1.